The smallest absolute Gasteiger partial charge is 0.331 e. The maximum Gasteiger partial charge on any atom is 0.331 e. The molecule has 0 saturated heterocycles. The Morgan fingerprint density at radius 3 is 2.30 bits per heavy atom. The number of rotatable bonds is 6. The highest BCUT2D eigenvalue weighted by Crippen LogP contribution is 2.08. The summed E-state index contributed by atoms with van der Waals surface area (Å²) in [5.74, 6) is -0.0976. The first-order valence-corrected chi connectivity index (χ1v) is 7.97. The van der Waals surface area contributed by atoms with Crippen molar-refractivity contribution in [3.63, 3.8) is 0 Å². The lowest BCUT2D eigenvalue weighted by molar-refractivity contribution is -0.131. The molecule has 23 heavy (non-hydrogen) atoms. The van der Waals surface area contributed by atoms with Gasteiger partial charge in [0.15, 0.2) is 0 Å². The lowest BCUT2D eigenvalue weighted by Crippen LogP contribution is -2.42. The van der Waals surface area contributed by atoms with Crippen LogP contribution in [0.5, 0.6) is 0 Å². The van der Waals surface area contributed by atoms with E-state index in [4.69, 9.17) is 0 Å². The van der Waals surface area contributed by atoms with Crippen LogP contribution in [0.2, 0.25) is 0 Å². The fourth-order valence-corrected chi connectivity index (χ4v) is 2.73. The molecule has 0 unspecified atom stereocenters. The summed E-state index contributed by atoms with van der Waals surface area (Å²) in [5.41, 5.74) is -0.301. The summed E-state index contributed by atoms with van der Waals surface area (Å²) in [5, 5.41) is 0.444. The van der Waals surface area contributed by atoms with Crippen LogP contribution in [-0.2, 0) is 18.4 Å². The maximum absolute atomic E-state index is 12.6. The summed E-state index contributed by atoms with van der Waals surface area (Å²) in [6.45, 7) is 5.33. The molecule has 0 N–H and O–H groups in total. The molecular weight excluding hydrogens is 294 g/mol. The van der Waals surface area contributed by atoms with E-state index in [0.717, 1.165) is 17.4 Å². The van der Waals surface area contributed by atoms with Crippen LogP contribution in [-0.4, -0.2) is 33.0 Å². The molecule has 0 spiro atoms. The highest BCUT2D eigenvalue weighted by Gasteiger charge is 2.17. The fourth-order valence-electron chi connectivity index (χ4n) is 2.73. The maximum atomic E-state index is 12.6. The minimum atomic E-state index is -0.463. The molecule has 0 aliphatic rings. The summed E-state index contributed by atoms with van der Waals surface area (Å²) in [7, 11) is 1.44. The van der Waals surface area contributed by atoms with Gasteiger partial charge >= 0.3 is 5.69 Å². The van der Waals surface area contributed by atoms with Crippen LogP contribution < -0.4 is 11.2 Å². The van der Waals surface area contributed by atoms with Gasteiger partial charge in [0.2, 0.25) is 5.91 Å². The second kappa shape index (κ2) is 7.26. The van der Waals surface area contributed by atoms with Crippen molar-refractivity contribution in [2.24, 2.45) is 7.05 Å². The van der Waals surface area contributed by atoms with Crippen LogP contribution in [0.1, 0.15) is 26.7 Å². The quantitative estimate of drug-likeness (QED) is 0.808. The van der Waals surface area contributed by atoms with E-state index in [9.17, 15) is 14.4 Å². The van der Waals surface area contributed by atoms with Crippen LogP contribution in [0, 0.1) is 0 Å². The van der Waals surface area contributed by atoms with E-state index < -0.39 is 5.69 Å². The van der Waals surface area contributed by atoms with Crippen molar-refractivity contribution in [1.29, 1.82) is 0 Å². The molecule has 1 aromatic heterocycles. The molecule has 0 aliphatic carbocycles. The van der Waals surface area contributed by atoms with E-state index in [1.54, 1.807) is 29.2 Å². The Morgan fingerprint density at radius 2 is 1.70 bits per heavy atom. The zero-order valence-corrected chi connectivity index (χ0v) is 13.9. The minimum absolute atomic E-state index is 0.0481. The summed E-state index contributed by atoms with van der Waals surface area (Å²) >= 11 is 0. The molecule has 2 aromatic rings. The van der Waals surface area contributed by atoms with Gasteiger partial charge < -0.3 is 4.90 Å². The second-order valence-corrected chi connectivity index (χ2v) is 5.63. The monoisotopic (exact) mass is 317 g/mol. The number of aromatic nitrogens is 2. The molecule has 1 aromatic carbocycles. The van der Waals surface area contributed by atoms with Crippen molar-refractivity contribution in [2.75, 3.05) is 13.1 Å². The fraction of sp³-hybridized carbons (Fsp3) is 0.471. The molecule has 6 nitrogen and oxygen atoms in total. The molecule has 0 saturated carbocycles. The number of fused-ring (bicyclic) bond motifs is 1. The van der Waals surface area contributed by atoms with Gasteiger partial charge in [0.05, 0.1) is 10.9 Å². The molecule has 0 atom stereocenters. The van der Waals surface area contributed by atoms with Gasteiger partial charge in [0.25, 0.3) is 5.56 Å². The van der Waals surface area contributed by atoms with Gasteiger partial charge in [-0.25, -0.2) is 4.79 Å². The first kappa shape index (κ1) is 17.0. The molecule has 0 bridgehead atoms. The third kappa shape index (κ3) is 3.36. The van der Waals surface area contributed by atoms with Crippen molar-refractivity contribution in [3.8, 4) is 0 Å². The van der Waals surface area contributed by atoms with Gasteiger partial charge in [-0.2, -0.15) is 0 Å². The molecule has 0 radical (unpaired) electrons. The predicted octanol–water partition coefficient (Wildman–Crippen LogP) is 1.35. The number of carbonyl (C=O) groups excluding carboxylic acids is 1. The van der Waals surface area contributed by atoms with Crippen LogP contribution in [0.4, 0.5) is 0 Å². The third-order valence-electron chi connectivity index (χ3n) is 3.88. The van der Waals surface area contributed by atoms with E-state index in [-0.39, 0.29) is 18.0 Å². The number of para-hydroxylation sites is 1. The van der Waals surface area contributed by atoms with Crippen LogP contribution in [0.3, 0.4) is 0 Å². The topological polar surface area (TPSA) is 64.3 Å². The van der Waals surface area contributed by atoms with Crippen LogP contribution in [0.25, 0.3) is 10.9 Å². The molecule has 6 heteroatoms. The number of amides is 1. The number of carbonyl (C=O) groups is 1. The van der Waals surface area contributed by atoms with Crippen LogP contribution >= 0.6 is 0 Å². The average Bonchev–Trinajstić information content (AvgIpc) is 2.56. The first-order valence-electron chi connectivity index (χ1n) is 7.97. The normalized spacial score (nSPS) is 10.9. The van der Waals surface area contributed by atoms with Gasteiger partial charge in [-0.1, -0.05) is 26.0 Å². The number of hydrogen-bond acceptors (Lipinski definition) is 3. The summed E-state index contributed by atoms with van der Waals surface area (Å²) in [4.78, 5) is 38.9. The SMILES string of the molecule is CCCN(CCC)C(=O)Cn1c(=O)n(C)c(=O)c2ccccc21. The van der Waals surface area contributed by atoms with Gasteiger partial charge in [0.1, 0.15) is 6.54 Å². The highest BCUT2D eigenvalue weighted by molar-refractivity contribution is 5.81. The van der Waals surface area contributed by atoms with Crippen molar-refractivity contribution in [3.05, 3.63) is 45.1 Å². The summed E-state index contributed by atoms with van der Waals surface area (Å²) < 4.78 is 2.44. The van der Waals surface area contributed by atoms with Crippen molar-refractivity contribution in [1.82, 2.24) is 14.0 Å². The molecular formula is C17H23N3O3. The largest absolute Gasteiger partial charge is 0.341 e. The third-order valence-corrected chi connectivity index (χ3v) is 3.88. The van der Waals surface area contributed by atoms with Crippen molar-refractivity contribution < 1.29 is 4.79 Å². The van der Waals surface area contributed by atoms with E-state index in [0.29, 0.717) is 24.0 Å². The number of benzene rings is 1. The molecule has 1 heterocycles. The van der Waals surface area contributed by atoms with Gasteiger partial charge in [-0.05, 0) is 25.0 Å². The Morgan fingerprint density at radius 1 is 1.09 bits per heavy atom. The first-order chi connectivity index (χ1) is 11.0. The standard InChI is InChI=1S/C17H23N3O3/c1-4-10-19(11-5-2)15(21)12-20-14-9-7-6-8-13(14)16(22)18(3)17(20)23/h6-9H,4-5,10-12H2,1-3H3. The molecule has 2 rings (SSSR count). The van der Waals surface area contributed by atoms with Gasteiger partial charge in [-0.3, -0.25) is 18.7 Å². The number of nitrogens with zero attached hydrogens (tertiary/aromatic N) is 3. The zero-order valence-electron chi connectivity index (χ0n) is 13.9. The Balaban J connectivity index is 2.50. The van der Waals surface area contributed by atoms with E-state index >= 15 is 0 Å². The zero-order chi connectivity index (χ0) is 17.0. The van der Waals surface area contributed by atoms with Gasteiger partial charge in [0, 0.05) is 20.1 Å². The lowest BCUT2D eigenvalue weighted by Gasteiger charge is -2.22. The molecule has 0 fully saturated rings. The summed E-state index contributed by atoms with van der Waals surface area (Å²) in [6, 6.07) is 6.89. The average molecular weight is 317 g/mol. The van der Waals surface area contributed by atoms with E-state index in [2.05, 4.69) is 0 Å². The van der Waals surface area contributed by atoms with Crippen molar-refractivity contribution in [2.45, 2.75) is 33.2 Å². The lowest BCUT2D eigenvalue weighted by atomic mass is 10.2. The highest BCUT2D eigenvalue weighted by atomic mass is 16.2. The van der Waals surface area contributed by atoms with Gasteiger partial charge in [-0.15, -0.1) is 0 Å². The number of hydrogen-bond donors (Lipinski definition) is 0. The molecule has 0 aliphatic heterocycles. The predicted molar refractivity (Wildman–Crippen MR) is 90.6 cm³/mol. The Hall–Kier alpha value is -2.37. The Labute approximate surface area is 135 Å². The Kier molecular flexibility index (Phi) is 5.36. The second-order valence-electron chi connectivity index (χ2n) is 5.63. The van der Waals surface area contributed by atoms with Crippen molar-refractivity contribution >= 4 is 16.8 Å². The van der Waals surface area contributed by atoms with E-state index in [1.807, 2.05) is 13.8 Å². The van der Waals surface area contributed by atoms with Crippen LogP contribution in [0.15, 0.2) is 33.9 Å². The summed E-state index contributed by atoms with van der Waals surface area (Å²) in [6.07, 6.45) is 1.74. The van der Waals surface area contributed by atoms with E-state index in [1.165, 1.54) is 11.6 Å². The molecule has 124 valence electrons. The Bertz CT molecular complexity index is 814. The minimum Gasteiger partial charge on any atom is -0.341 e. The molecule has 1 amide bonds.